The minimum atomic E-state index is 1.06. The molecule has 3 rings (SSSR count). The molecule has 2 heterocycles. The van der Waals surface area contributed by atoms with Gasteiger partial charge in [-0.1, -0.05) is 18.2 Å². The summed E-state index contributed by atoms with van der Waals surface area (Å²) in [7, 11) is 0. The summed E-state index contributed by atoms with van der Waals surface area (Å²) in [6.07, 6.45) is 0. The number of rotatable bonds is 1. The Bertz CT molecular complexity index is 593. The second-order valence-corrected chi connectivity index (χ2v) is 4.26. The van der Waals surface area contributed by atoms with Crippen molar-refractivity contribution in [2.24, 2.45) is 0 Å². The maximum Gasteiger partial charge on any atom is 0.0835 e. The van der Waals surface area contributed by atoms with E-state index < -0.39 is 0 Å². The van der Waals surface area contributed by atoms with Crippen LogP contribution in [0.3, 0.4) is 0 Å². The van der Waals surface area contributed by atoms with Crippen LogP contribution < -0.4 is 0 Å². The van der Waals surface area contributed by atoms with Crippen LogP contribution in [0.5, 0.6) is 0 Å². The maximum atomic E-state index is 4.37. The van der Waals surface area contributed by atoms with Crippen LogP contribution >= 0.6 is 11.3 Å². The molecule has 0 saturated carbocycles. The number of nitrogens with zero attached hydrogens (tertiary/aromatic N) is 1. The van der Waals surface area contributed by atoms with Crippen LogP contribution in [0.2, 0.25) is 0 Å². The van der Waals surface area contributed by atoms with Crippen molar-refractivity contribution in [2.45, 2.75) is 6.92 Å². The van der Waals surface area contributed by atoms with Gasteiger partial charge in [0.15, 0.2) is 0 Å². The normalized spacial score (nSPS) is 11.0. The molecular formula is C12H10N2S. The molecule has 15 heavy (non-hydrogen) atoms. The van der Waals surface area contributed by atoms with Gasteiger partial charge in [-0.2, -0.15) is 0 Å². The standard InChI is InChI=1S/C12H10N2S/c1-8-12(11-6-15-7-13-11)9-4-2-3-5-10(9)14-8/h2-7,14H,1H3. The van der Waals surface area contributed by atoms with E-state index in [1.54, 1.807) is 11.3 Å². The van der Waals surface area contributed by atoms with E-state index in [9.17, 15) is 0 Å². The van der Waals surface area contributed by atoms with Crippen LogP contribution in [0.4, 0.5) is 0 Å². The van der Waals surface area contributed by atoms with Crippen LogP contribution in [-0.2, 0) is 0 Å². The largest absolute Gasteiger partial charge is 0.358 e. The second kappa shape index (κ2) is 3.21. The highest BCUT2D eigenvalue weighted by Crippen LogP contribution is 2.31. The summed E-state index contributed by atoms with van der Waals surface area (Å²) in [5.41, 5.74) is 6.53. The van der Waals surface area contributed by atoms with Gasteiger partial charge in [-0.05, 0) is 13.0 Å². The van der Waals surface area contributed by atoms with Crippen LogP contribution in [-0.4, -0.2) is 9.97 Å². The van der Waals surface area contributed by atoms with E-state index in [4.69, 9.17) is 0 Å². The summed E-state index contributed by atoms with van der Waals surface area (Å²) in [6.45, 7) is 2.09. The average Bonchev–Trinajstić information content (AvgIpc) is 2.82. The molecule has 1 aromatic carbocycles. The van der Waals surface area contributed by atoms with Crippen molar-refractivity contribution < 1.29 is 0 Å². The van der Waals surface area contributed by atoms with Gasteiger partial charge in [0.25, 0.3) is 0 Å². The highest BCUT2D eigenvalue weighted by atomic mass is 32.1. The van der Waals surface area contributed by atoms with Gasteiger partial charge < -0.3 is 4.98 Å². The molecule has 0 aliphatic rings. The molecule has 74 valence electrons. The van der Waals surface area contributed by atoms with Gasteiger partial charge in [-0.25, -0.2) is 4.98 Å². The molecule has 0 bridgehead atoms. The fourth-order valence-corrected chi connectivity index (χ4v) is 2.49. The van der Waals surface area contributed by atoms with Crippen molar-refractivity contribution in [2.75, 3.05) is 0 Å². The van der Waals surface area contributed by atoms with Gasteiger partial charge in [0.2, 0.25) is 0 Å². The zero-order valence-corrected chi connectivity index (χ0v) is 9.14. The van der Waals surface area contributed by atoms with Gasteiger partial charge in [0, 0.05) is 27.5 Å². The number of thiazole rings is 1. The zero-order valence-electron chi connectivity index (χ0n) is 8.32. The first-order valence-electron chi connectivity index (χ1n) is 4.82. The summed E-state index contributed by atoms with van der Waals surface area (Å²) < 4.78 is 0. The first-order chi connectivity index (χ1) is 7.36. The van der Waals surface area contributed by atoms with Crippen molar-refractivity contribution in [3.63, 3.8) is 0 Å². The third-order valence-corrected chi connectivity index (χ3v) is 3.17. The average molecular weight is 214 g/mol. The lowest BCUT2D eigenvalue weighted by Crippen LogP contribution is -1.78. The van der Waals surface area contributed by atoms with Gasteiger partial charge in [0.1, 0.15) is 0 Å². The molecule has 0 amide bonds. The molecule has 0 spiro atoms. The summed E-state index contributed by atoms with van der Waals surface area (Å²) in [5.74, 6) is 0. The van der Waals surface area contributed by atoms with Crippen molar-refractivity contribution in [1.82, 2.24) is 9.97 Å². The lowest BCUT2D eigenvalue weighted by molar-refractivity contribution is 1.29. The predicted octanol–water partition coefficient (Wildman–Crippen LogP) is 3.60. The van der Waals surface area contributed by atoms with Crippen molar-refractivity contribution >= 4 is 22.2 Å². The predicted molar refractivity (Wildman–Crippen MR) is 64.1 cm³/mol. The number of nitrogens with one attached hydrogen (secondary N) is 1. The van der Waals surface area contributed by atoms with E-state index in [0.29, 0.717) is 0 Å². The summed E-state index contributed by atoms with van der Waals surface area (Å²) in [4.78, 5) is 7.75. The summed E-state index contributed by atoms with van der Waals surface area (Å²) in [6, 6.07) is 8.33. The molecule has 2 aromatic heterocycles. The third-order valence-electron chi connectivity index (χ3n) is 2.58. The Morgan fingerprint density at radius 2 is 2.13 bits per heavy atom. The number of H-pyrrole nitrogens is 1. The van der Waals surface area contributed by atoms with E-state index in [1.165, 1.54) is 22.2 Å². The van der Waals surface area contributed by atoms with Crippen LogP contribution in [0, 0.1) is 6.92 Å². The second-order valence-electron chi connectivity index (χ2n) is 3.54. The fourth-order valence-electron chi connectivity index (χ4n) is 1.94. The molecule has 2 nitrogen and oxygen atoms in total. The van der Waals surface area contributed by atoms with Crippen LogP contribution in [0.1, 0.15) is 5.69 Å². The first-order valence-corrected chi connectivity index (χ1v) is 5.76. The smallest absolute Gasteiger partial charge is 0.0835 e. The Labute approximate surface area is 91.6 Å². The molecule has 0 radical (unpaired) electrons. The summed E-state index contributed by atoms with van der Waals surface area (Å²) >= 11 is 1.63. The molecule has 0 unspecified atom stereocenters. The number of fused-ring (bicyclic) bond motifs is 1. The summed E-state index contributed by atoms with van der Waals surface area (Å²) in [5, 5.41) is 3.34. The lowest BCUT2D eigenvalue weighted by atomic mass is 10.1. The Hall–Kier alpha value is -1.61. The van der Waals surface area contributed by atoms with E-state index in [-0.39, 0.29) is 0 Å². The SMILES string of the molecule is Cc1[nH]c2ccccc2c1-c1cscn1. The van der Waals surface area contributed by atoms with Gasteiger partial charge in [-0.3, -0.25) is 0 Å². The number of hydrogen-bond acceptors (Lipinski definition) is 2. The molecule has 0 aliphatic carbocycles. The molecule has 3 aromatic rings. The minimum absolute atomic E-state index is 1.06. The highest BCUT2D eigenvalue weighted by molar-refractivity contribution is 7.07. The number of aromatic amines is 1. The highest BCUT2D eigenvalue weighted by Gasteiger charge is 2.10. The molecule has 0 atom stereocenters. The van der Waals surface area contributed by atoms with E-state index in [1.807, 2.05) is 11.6 Å². The quantitative estimate of drug-likeness (QED) is 0.658. The molecule has 1 N–H and O–H groups in total. The molecule has 3 heteroatoms. The first kappa shape index (κ1) is 8.68. The Kier molecular flexibility index (Phi) is 1.86. The van der Waals surface area contributed by atoms with Gasteiger partial charge >= 0.3 is 0 Å². The van der Waals surface area contributed by atoms with E-state index in [2.05, 4.69) is 40.5 Å². The maximum absolute atomic E-state index is 4.37. The number of aromatic nitrogens is 2. The lowest BCUT2D eigenvalue weighted by Gasteiger charge is -1.95. The molecule has 0 aliphatic heterocycles. The number of para-hydroxylation sites is 1. The molecular weight excluding hydrogens is 204 g/mol. The Morgan fingerprint density at radius 1 is 1.27 bits per heavy atom. The van der Waals surface area contributed by atoms with Crippen molar-refractivity contribution in [3.05, 3.63) is 40.8 Å². The Balaban J connectivity index is 2.39. The number of hydrogen-bond donors (Lipinski definition) is 1. The topological polar surface area (TPSA) is 28.7 Å². The van der Waals surface area contributed by atoms with Crippen molar-refractivity contribution in [3.8, 4) is 11.3 Å². The minimum Gasteiger partial charge on any atom is -0.358 e. The Morgan fingerprint density at radius 3 is 2.93 bits per heavy atom. The zero-order chi connectivity index (χ0) is 10.3. The van der Waals surface area contributed by atoms with E-state index in [0.717, 1.165) is 5.69 Å². The van der Waals surface area contributed by atoms with Gasteiger partial charge in [-0.15, -0.1) is 11.3 Å². The third kappa shape index (κ3) is 1.27. The van der Waals surface area contributed by atoms with Crippen LogP contribution in [0.25, 0.3) is 22.2 Å². The van der Waals surface area contributed by atoms with Gasteiger partial charge in [0.05, 0.1) is 11.2 Å². The van der Waals surface area contributed by atoms with Crippen LogP contribution in [0.15, 0.2) is 35.2 Å². The monoisotopic (exact) mass is 214 g/mol. The number of aryl methyl sites for hydroxylation is 1. The molecule has 0 fully saturated rings. The van der Waals surface area contributed by atoms with Crippen molar-refractivity contribution in [1.29, 1.82) is 0 Å². The fraction of sp³-hybridized carbons (Fsp3) is 0.0833. The number of benzene rings is 1. The molecule has 0 saturated heterocycles. The van der Waals surface area contributed by atoms with E-state index >= 15 is 0 Å².